The molecule has 1 aliphatic heterocycles. The average molecular weight is 371 g/mol. The van der Waals surface area contributed by atoms with Crippen molar-refractivity contribution < 1.29 is 14.7 Å². The summed E-state index contributed by atoms with van der Waals surface area (Å²) in [5.41, 5.74) is 3.39. The van der Waals surface area contributed by atoms with Crippen molar-refractivity contribution in [2.24, 2.45) is 11.8 Å². The lowest BCUT2D eigenvalue weighted by molar-refractivity contribution is -0.145. The summed E-state index contributed by atoms with van der Waals surface area (Å²) < 4.78 is 0. The minimum Gasteiger partial charge on any atom is -0.481 e. The number of aliphatic carboxylic acids is 1. The summed E-state index contributed by atoms with van der Waals surface area (Å²) in [5.74, 6) is -2.00. The minimum absolute atomic E-state index is 0.171. The molecule has 3 heterocycles. The molecule has 0 aromatic carbocycles. The second kappa shape index (κ2) is 8.30. The van der Waals surface area contributed by atoms with Crippen molar-refractivity contribution in [2.75, 3.05) is 18.4 Å². The first-order valence-corrected chi connectivity index (χ1v) is 9.16. The SMILES string of the molecule is CCc1cc(CN2C[C@H](C(=O)O)C[C@H](C(=O)Nc3ccc(C)nc3)C2)[nH]n1. The van der Waals surface area contributed by atoms with Crippen molar-refractivity contribution in [2.45, 2.75) is 33.2 Å². The van der Waals surface area contributed by atoms with E-state index in [2.05, 4.69) is 20.5 Å². The molecule has 0 radical (unpaired) electrons. The molecule has 3 N–H and O–H groups in total. The summed E-state index contributed by atoms with van der Waals surface area (Å²) in [6.45, 7) is 5.39. The van der Waals surface area contributed by atoms with Gasteiger partial charge in [0, 0.05) is 31.0 Å². The Morgan fingerprint density at radius 2 is 2.11 bits per heavy atom. The first-order chi connectivity index (χ1) is 12.9. The number of hydrogen-bond acceptors (Lipinski definition) is 5. The molecule has 0 aliphatic carbocycles. The van der Waals surface area contributed by atoms with Gasteiger partial charge in [0.1, 0.15) is 0 Å². The molecule has 1 fully saturated rings. The summed E-state index contributed by atoms with van der Waals surface area (Å²) >= 11 is 0. The van der Waals surface area contributed by atoms with Crippen molar-refractivity contribution in [3.63, 3.8) is 0 Å². The van der Waals surface area contributed by atoms with Gasteiger partial charge in [-0.05, 0) is 38.0 Å². The van der Waals surface area contributed by atoms with Crippen LogP contribution in [0.2, 0.25) is 0 Å². The van der Waals surface area contributed by atoms with Crippen LogP contribution in [0.25, 0.3) is 0 Å². The number of carbonyl (C=O) groups excluding carboxylic acids is 1. The molecule has 2 atom stereocenters. The Bertz CT molecular complexity index is 802. The van der Waals surface area contributed by atoms with Gasteiger partial charge in [-0.3, -0.25) is 24.6 Å². The minimum atomic E-state index is -0.867. The molecule has 0 bridgehead atoms. The van der Waals surface area contributed by atoms with Crippen LogP contribution in [0.15, 0.2) is 24.4 Å². The van der Waals surface area contributed by atoms with E-state index in [1.54, 1.807) is 12.3 Å². The van der Waals surface area contributed by atoms with E-state index >= 15 is 0 Å². The van der Waals surface area contributed by atoms with Crippen LogP contribution < -0.4 is 5.32 Å². The number of aryl methyl sites for hydroxylation is 2. The number of H-pyrrole nitrogens is 1. The largest absolute Gasteiger partial charge is 0.481 e. The number of amides is 1. The zero-order chi connectivity index (χ0) is 19.4. The van der Waals surface area contributed by atoms with E-state index in [9.17, 15) is 14.7 Å². The Labute approximate surface area is 158 Å². The molecule has 8 heteroatoms. The summed E-state index contributed by atoms with van der Waals surface area (Å²) in [4.78, 5) is 30.4. The first-order valence-electron chi connectivity index (χ1n) is 9.16. The number of carbonyl (C=O) groups is 2. The van der Waals surface area contributed by atoms with Gasteiger partial charge in [-0.25, -0.2) is 0 Å². The second-order valence-corrected chi connectivity index (χ2v) is 7.08. The highest BCUT2D eigenvalue weighted by molar-refractivity contribution is 5.93. The molecule has 1 amide bonds. The molecule has 2 aromatic rings. The number of piperidine rings is 1. The molecule has 0 saturated carbocycles. The lowest BCUT2D eigenvalue weighted by Gasteiger charge is -2.35. The highest BCUT2D eigenvalue weighted by atomic mass is 16.4. The summed E-state index contributed by atoms with van der Waals surface area (Å²) in [6.07, 6.45) is 2.78. The monoisotopic (exact) mass is 371 g/mol. The van der Waals surface area contributed by atoms with Gasteiger partial charge in [0.15, 0.2) is 0 Å². The number of nitrogens with zero attached hydrogens (tertiary/aromatic N) is 3. The van der Waals surface area contributed by atoms with Crippen molar-refractivity contribution in [1.29, 1.82) is 0 Å². The summed E-state index contributed by atoms with van der Waals surface area (Å²) in [6, 6.07) is 5.61. The molecule has 3 rings (SSSR count). The van der Waals surface area contributed by atoms with Gasteiger partial charge in [-0.15, -0.1) is 0 Å². The van der Waals surface area contributed by atoms with Crippen LogP contribution in [0.3, 0.4) is 0 Å². The van der Waals surface area contributed by atoms with Crippen LogP contribution in [-0.2, 0) is 22.6 Å². The molecule has 144 valence electrons. The maximum Gasteiger partial charge on any atom is 0.307 e. The van der Waals surface area contributed by atoms with Gasteiger partial charge < -0.3 is 10.4 Å². The smallest absolute Gasteiger partial charge is 0.307 e. The van der Waals surface area contributed by atoms with Crippen LogP contribution in [0.5, 0.6) is 0 Å². The van der Waals surface area contributed by atoms with Crippen LogP contribution in [0.4, 0.5) is 5.69 Å². The zero-order valence-electron chi connectivity index (χ0n) is 15.6. The van der Waals surface area contributed by atoms with Gasteiger partial charge >= 0.3 is 5.97 Å². The van der Waals surface area contributed by atoms with Crippen molar-refractivity contribution in [1.82, 2.24) is 20.1 Å². The number of anilines is 1. The molecular weight excluding hydrogens is 346 g/mol. The number of rotatable bonds is 6. The number of nitrogens with one attached hydrogen (secondary N) is 2. The number of hydrogen-bond donors (Lipinski definition) is 3. The molecule has 0 unspecified atom stereocenters. The molecule has 1 saturated heterocycles. The number of aromatic nitrogens is 3. The third kappa shape index (κ3) is 4.91. The van der Waals surface area contributed by atoms with Crippen LogP contribution >= 0.6 is 0 Å². The predicted octanol–water partition coefficient (Wildman–Crippen LogP) is 1.84. The number of likely N-dealkylation sites (tertiary alicyclic amines) is 1. The number of pyridine rings is 1. The summed E-state index contributed by atoms with van der Waals surface area (Å²) in [5, 5.41) is 19.6. The average Bonchev–Trinajstić information content (AvgIpc) is 3.10. The first kappa shape index (κ1) is 19.0. The Kier molecular flexibility index (Phi) is 5.85. The van der Waals surface area contributed by atoms with E-state index in [0.717, 1.165) is 23.5 Å². The van der Waals surface area contributed by atoms with Crippen molar-refractivity contribution >= 4 is 17.6 Å². The van der Waals surface area contributed by atoms with Gasteiger partial charge in [0.25, 0.3) is 0 Å². The van der Waals surface area contributed by atoms with Crippen LogP contribution in [0, 0.1) is 18.8 Å². The van der Waals surface area contributed by atoms with Gasteiger partial charge in [0.2, 0.25) is 5.91 Å². The van der Waals surface area contributed by atoms with E-state index in [1.807, 2.05) is 30.9 Å². The molecule has 8 nitrogen and oxygen atoms in total. The number of carboxylic acid groups (broad SMARTS) is 1. The normalized spacial score (nSPS) is 20.4. The lowest BCUT2D eigenvalue weighted by atomic mass is 9.88. The van der Waals surface area contributed by atoms with Crippen LogP contribution in [-0.4, -0.2) is 50.2 Å². The highest BCUT2D eigenvalue weighted by Gasteiger charge is 2.35. The third-order valence-electron chi connectivity index (χ3n) is 4.87. The van der Waals surface area contributed by atoms with Gasteiger partial charge in [0.05, 0.1) is 29.4 Å². The fraction of sp³-hybridized carbons (Fsp3) is 0.474. The zero-order valence-corrected chi connectivity index (χ0v) is 15.6. The maximum atomic E-state index is 12.7. The standard InChI is InChI=1S/C19H25N5O3/c1-3-15-7-17(23-22-15)11-24-9-13(6-14(10-24)19(26)27)18(25)21-16-5-4-12(2)20-8-16/h4-5,7-8,13-14H,3,6,9-11H2,1-2H3,(H,21,25)(H,22,23)(H,26,27)/t13-,14+/m0/s1. The Balaban J connectivity index is 1.68. The fourth-order valence-electron chi connectivity index (χ4n) is 3.39. The molecule has 1 aliphatic rings. The van der Waals surface area contributed by atoms with Crippen molar-refractivity contribution in [3.05, 3.63) is 41.5 Å². The van der Waals surface area contributed by atoms with E-state index in [4.69, 9.17) is 0 Å². The highest BCUT2D eigenvalue weighted by Crippen LogP contribution is 2.25. The molecule has 27 heavy (non-hydrogen) atoms. The molecular formula is C19H25N5O3. The van der Waals surface area contributed by atoms with Crippen molar-refractivity contribution in [3.8, 4) is 0 Å². The van der Waals surface area contributed by atoms with E-state index in [-0.39, 0.29) is 5.91 Å². The van der Waals surface area contributed by atoms with E-state index in [0.29, 0.717) is 31.7 Å². The molecule has 2 aromatic heterocycles. The lowest BCUT2D eigenvalue weighted by Crippen LogP contribution is -2.46. The topological polar surface area (TPSA) is 111 Å². The molecule has 0 spiro atoms. The number of carboxylic acids is 1. The Hall–Kier alpha value is -2.74. The van der Waals surface area contributed by atoms with Gasteiger partial charge in [-0.1, -0.05) is 6.92 Å². The van der Waals surface area contributed by atoms with Crippen LogP contribution in [0.1, 0.15) is 30.4 Å². The Morgan fingerprint density at radius 3 is 2.74 bits per heavy atom. The maximum absolute atomic E-state index is 12.7. The Morgan fingerprint density at radius 1 is 1.33 bits per heavy atom. The van der Waals surface area contributed by atoms with E-state index in [1.165, 1.54) is 0 Å². The predicted molar refractivity (Wildman–Crippen MR) is 100 cm³/mol. The quantitative estimate of drug-likeness (QED) is 0.714. The number of aromatic amines is 1. The fourth-order valence-corrected chi connectivity index (χ4v) is 3.39. The van der Waals surface area contributed by atoms with E-state index < -0.39 is 17.8 Å². The second-order valence-electron chi connectivity index (χ2n) is 7.08. The third-order valence-corrected chi connectivity index (χ3v) is 4.87. The summed E-state index contributed by atoms with van der Waals surface area (Å²) in [7, 11) is 0. The van der Waals surface area contributed by atoms with Gasteiger partial charge in [-0.2, -0.15) is 5.10 Å².